The van der Waals surface area contributed by atoms with Gasteiger partial charge in [-0.15, -0.1) is 0 Å². The molecule has 0 N–H and O–H groups in total. The van der Waals surface area contributed by atoms with E-state index in [1.165, 1.54) is 12.2 Å². The highest BCUT2D eigenvalue weighted by Gasteiger charge is 2.16. The molecular weight excluding hydrogens is 190 g/mol. The summed E-state index contributed by atoms with van der Waals surface area (Å²) in [4.78, 5) is 16.7. The summed E-state index contributed by atoms with van der Waals surface area (Å²) in [5.41, 5.74) is 1.06. The maximum absolute atomic E-state index is 11.7. The van der Waals surface area contributed by atoms with Gasteiger partial charge in [0, 0.05) is 5.92 Å². The molecule has 15 heavy (non-hydrogen) atoms. The molecule has 3 nitrogen and oxygen atoms in total. The van der Waals surface area contributed by atoms with Crippen LogP contribution in [0, 0.1) is 5.92 Å². The van der Waals surface area contributed by atoms with Gasteiger partial charge in [-0.05, 0) is 5.56 Å². The lowest BCUT2D eigenvalue weighted by atomic mass is 10.2. The monoisotopic (exact) mass is 207 g/mol. The molecule has 0 heterocycles. The molecule has 1 rings (SSSR count). The largest absolute Gasteiger partial charge is 0.274 e. The van der Waals surface area contributed by atoms with E-state index in [-0.39, 0.29) is 11.8 Å². The molecule has 0 spiro atoms. The van der Waals surface area contributed by atoms with Crippen molar-refractivity contribution in [3.05, 3.63) is 35.9 Å². The topological polar surface area (TPSA) is 29.5 Å². The van der Waals surface area contributed by atoms with Crippen LogP contribution in [0.4, 0.5) is 0 Å². The highest BCUT2D eigenvalue weighted by molar-refractivity contribution is 5.77. The molecule has 0 aliphatic heterocycles. The summed E-state index contributed by atoms with van der Waals surface area (Å²) < 4.78 is 0. The zero-order chi connectivity index (χ0) is 11.3. The van der Waals surface area contributed by atoms with Crippen molar-refractivity contribution < 1.29 is 9.63 Å². The smallest absolute Gasteiger partial charge is 0.248 e. The average Bonchev–Trinajstić information content (AvgIpc) is 2.26. The van der Waals surface area contributed by atoms with E-state index in [4.69, 9.17) is 4.84 Å². The van der Waals surface area contributed by atoms with Crippen molar-refractivity contribution in [3.63, 3.8) is 0 Å². The number of hydroxylamine groups is 2. The Morgan fingerprint density at radius 3 is 2.40 bits per heavy atom. The Labute approximate surface area is 90.6 Å². The third-order valence-corrected chi connectivity index (χ3v) is 2.13. The molecule has 1 aromatic carbocycles. The van der Waals surface area contributed by atoms with Crippen LogP contribution in [0.25, 0.3) is 0 Å². The minimum absolute atomic E-state index is 0.00125. The molecule has 0 bridgehead atoms. The van der Waals surface area contributed by atoms with Crippen LogP contribution in [0.1, 0.15) is 19.4 Å². The number of nitrogens with zero attached hydrogens (tertiary/aromatic N) is 1. The van der Waals surface area contributed by atoms with Crippen LogP contribution in [0.15, 0.2) is 30.3 Å². The van der Waals surface area contributed by atoms with E-state index in [0.29, 0.717) is 6.54 Å². The number of hydrogen-bond donors (Lipinski definition) is 0. The summed E-state index contributed by atoms with van der Waals surface area (Å²) in [5.74, 6) is -0.0463. The molecule has 0 saturated heterocycles. The van der Waals surface area contributed by atoms with Crippen molar-refractivity contribution in [2.24, 2.45) is 5.92 Å². The molecule has 0 aliphatic rings. The minimum atomic E-state index is -0.0475. The Hall–Kier alpha value is -1.35. The number of carbonyl (C=O) groups is 1. The summed E-state index contributed by atoms with van der Waals surface area (Å²) in [6, 6.07) is 9.79. The lowest BCUT2D eigenvalue weighted by molar-refractivity contribution is -0.182. The van der Waals surface area contributed by atoms with Gasteiger partial charge in [-0.25, -0.2) is 5.06 Å². The number of rotatable bonds is 4. The molecule has 0 unspecified atom stereocenters. The second-order valence-electron chi connectivity index (χ2n) is 3.70. The van der Waals surface area contributed by atoms with E-state index < -0.39 is 0 Å². The van der Waals surface area contributed by atoms with Gasteiger partial charge in [0.15, 0.2) is 0 Å². The van der Waals surface area contributed by atoms with Gasteiger partial charge in [0.2, 0.25) is 5.91 Å². The van der Waals surface area contributed by atoms with Gasteiger partial charge >= 0.3 is 0 Å². The lowest BCUT2D eigenvalue weighted by Gasteiger charge is -2.21. The molecule has 0 aliphatic carbocycles. The first kappa shape index (κ1) is 11.7. The molecule has 0 radical (unpaired) electrons. The Balaban J connectivity index is 2.66. The minimum Gasteiger partial charge on any atom is -0.274 e. The van der Waals surface area contributed by atoms with E-state index in [1.54, 1.807) is 0 Å². The number of hydrogen-bond acceptors (Lipinski definition) is 2. The predicted octanol–water partition coefficient (Wildman–Crippen LogP) is 2.23. The molecule has 0 aromatic heterocycles. The fourth-order valence-corrected chi connectivity index (χ4v) is 1.27. The molecule has 3 heteroatoms. The van der Waals surface area contributed by atoms with Gasteiger partial charge < -0.3 is 0 Å². The van der Waals surface area contributed by atoms with Crippen molar-refractivity contribution >= 4 is 5.91 Å². The van der Waals surface area contributed by atoms with Crippen LogP contribution < -0.4 is 0 Å². The Morgan fingerprint density at radius 1 is 1.33 bits per heavy atom. The molecular formula is C12H17NO2. The van der Waals surface area contributed by atoms with Crippen LogP contribution in [0.5, 0.6) is 0 Å². The van der Waals surface area contributed by atoms with Crippen molar-refractivity contribution in [2.75, 3.05) is 7.11 Å². The summed E-state index contributed by atoms with van der Waals surface area (Å²) in [7, 11) is 1.52. The molecule has 0 fully saturated rings. The third kappa shape index (κ3) is 3.36. The first-order chi connectivity index (χ1) is 7.15. The zero-order valence-electron chi connectivity index (χ0n) is 9.43. The maximum atomic E-state index is 11.7. The van der Waals surface area contributed by atoms with Gasteiger partial charge in [-0.3, -0.25) is 9.63 Å². The highest BCUT2D eigenvalue weighted by atomic mass is 16.7. The van der Waals surface area contributed by atoms with E-state index in [1.807, 2.05) is 44.2 Å². The van der Waals surface area contributed by atoms with Crippen LogP contribution in [-0.2, 0) is 16.2 Å². The van der Waals surface area contributed by atoms with Gasteiger partial charge in [-0.1, -0.05) is 44.2 Å². The molecule has 0 saturated carbocycles. The SMILES string of the molecule is CON(Cc1ccccc1)C(=O)C(C)C. The van der Waals surface area contributed by atoms with Gasteiger partial charge in [0.25, 0.3) is 0 Å². The van der Waals surface area contributed by atoms with Crippen molar-refractivity contribution in [3.8, 4) is 0 Å². The van der Waals surface area contributed by atoms with Gasteiger partial charge in [-0.2, -0.15) is 0 Å². The Morgan fingerprint density at radius 2 is 1.93 bits per heavy atom. The zero-order valence-corrected chi connectivity index (χ0v) is 9.43. The van der Waals surface area contributed by atoms with Gasteiger partial charge in [0.05, 0.1) is 13.7 Å². The predicted molar refractivity (Wildman–Crippen MR) is 58.8 cm³/mol. The number of amides is 1. The lowest BCUT2D eigenvalue weighted by Crippen LogP contribution is -2.32. The molecule has 1 aromatic rings. The van der Waals surface area contributed by atoms with Crippen molar-refractivity contribution in [2.45, 2.75) is 20.4 Å². The third-order valence-electron chi connectivity index (χ3n) is 2.13. The standard InChI is InChI=1S/C12H17NO2/c1-10(2)12(14)13(15-3)9-11-7-5-4-6-8-11/h4-8,10H,9H2,1-3H3. The fraction of sp³-hybridized carbons (Fsp3) is 0.417. The molecule has 82 valence electrons. The highest BCUT2D eigenvalue weighted by Crippen LogP contribution is 2.08. The van der Waals surface area contributed by atoms with Crippen molar-refractivity contribution in [1.29, 1.82) is 0 Å². The van der Waals surface area contributed by atoms with Gasteiger partial charge in [0.1, 0.15) is 0 Å². The first-order valence-electron chi connectivity index (χ1n) is 5.04. The summed E-state index contributed by atoms with van der Waals surface area (Å²) in [6.07, 6.45) is 0. The van der Waals surface area contributed by atoms with Crippen LogP contribution in [0.3, 0.4) is 0 Å². The van der Waals surface area contributed by atoms with Crippen LogP contribution >= 0.6 is 0 Å². The van der Waals surface area contributed by atoms with Crippen molar-refractivity contribution in [1.82, 2.24) is 5.06 Å². The van der Waals surface area contributed by atoms with Crippen LogP contribution in [-0.4, -0.2) is 18.1 Å². The van der Waals surface area contributed by atoms with E-state index in [2.05, 4.69) is 0 Å². The normalized spacial score (nSPS) is 10.4. The fourth-order valence-electron chi connectivity index (χ4n) is 1.27. The second-order valence-corrected chi connectivity index (χ2v) is 3.70. The summed E-state index contributed by atoms with van der Waals surface area (Å²) in [5, 5.41) is 1.39. The second kappa shape index (κ2) is 5.51. The number of carbonyl (C=O) groups excluding carboxylic acids is 1. The average molecular weight is 207 g/mol. The quantitative estimate of drug-likeness (QED) is 0.708. The maximum Gasteiger partial charge on any atom is 0.248 e. The van der Waals surface area contributed by atoms with Crippen LogP contribution in [0.2, 0.25) is 0 Å². The number of benzene rings is 1. The molecule has 0 atom stereocenters. The van der Waals surface area contributed by atoms with E-state index in [0.717, 1.165) is 5.56 Å². The van der Waals surface area contributed by atoms with E-state index >= 15 is 0 Å². The summed E-state index contributed by atoms with van der Waals surface area (Å²) >= 11 is 0. The molecule has 1 amide bonds. The Kier molecular flexibility index (Phi) is 4.31. The summed E-state index contributed by atoms with van der Waals surface area (Å²) in [6.45, 7) is 4.22. The van der Waals surface area contributed by atoms with E-state index in [9.17, 15) is 4.79 Å². The first-order valence-corrected chi connectivity index (χ1v) is 5.04. The Bertz CT molecular complexity index is 309.